The van der Waals surface area contributed by atoms with Crippen molar-refractivity contribution in [2.45, 2.75) is 29.4 Å². The van der Waals surface area contributed by atoms with Gasteiger partial charge >= 0.3 is 0 Å². The molecule has 1 heterocycles. The zero-order valence-electron chi connectivity index (χ0n) is 16.4. The Kier molecular flexibility index (Phi) is 5.77. The lowest BCUT2D eigenvalue weighted by atomic mass is 10.2. The van der Waals surface area contributed by atoms with E-state index in [0.29, 0.717) is 21.2 Å². The van der Waals surface area contributed by atoms with E-state index < -0.39 is 10.0 Å². The number of fused-ring (bicyclic) bond motifs is 1. The summed E-state index contributed by atoms with van der Waals surface area (Å²) in [5.74, 6) is 0.818. The Hall–Kier alpha value is -2.48. The first-order chi connectivity index (χ1) is 14.3. The van der Waals surface area contributed by atoms with Gasteiger partial charge in [-0.2, -0.15) is 0 Å². The number of nitrogens with one attached hydrogen (secondary N) is 2. The number of halogens is 1. The van der Waals surface area contributed by atoms with Gasteiger partial charge in [-0.1, -0.05) is 54.1 Å². The number of aromatic nitrogens is 2. The Bertz CT molecular complexity index is 1320. The van der Waals surface area contributed by atoms with Crippen LogP contribution in [0, 0.1) is 13.8 Å². The fourth-order valence-electron chi connectivity index (χ4n) is 3.10. The van der Waals surface area contributed by atoms with Crippen molar-refractivity contribution >= 4 is 50.4 Å². The molecule has 0 fully saturated rings. The molecule has 0 radical (unpaired) electrons. The number of imidazole rings is 1. The normalized spacial score (nSPS) is 11.7. The number of hydrogen-bond donors (Lipinski definition) is 2. The van der Waals surface area contributed by atoms with Crippen molar-refractivity contribution in [3.05, 3.63) is 82.4 Å². The van der Waals surface area contributed by atoms with Gasteiger partial charge in [-0.25, -0.2) is 18.1 Å². The Balaban J connectivity index is 1.68. The van der Waals surface area contributed by atoms with Crippen molar-refractivity contribution in [2.75, 3.05) is 4.72 Å². The minimum atomic E-state index is -3.87. The molecular formula is C22H20ClN3O2S2. The standard InChI is InChI=1S/C22H20ClN3O2S2/c1-14-7-6-10-18-21(14)25-22(24-18)26-30(27,28)20-11-15(2)17(23)12-19(20)29-13-16-8-4-3-5-9-16/h3-12H,13H2,1-2H3,(H2,24,25,26). The summed E-state index contributed by atoms with van der Waals surface area (Å²) in [6, 6.07) is 18.9. The van der Waals surface area contributed by atoms with E-state index in [9.17, 15) is 8.42 Å². The van der Waals surface area contributed by atoms with E-state index in [-0.39, 0.29) is 10.8 Å². The number of para-hydroxylation sites is 1. The van der Waals surface area contributed by atoms with Gasteiger partial charge in [0.1, 0.15) is 4.90 Å². The van der Waals surface area contributed by atoms with Crippen molar-refractivity contribution in [3.8, 4) is 0 Å². The number of aryl methyl sites for hydroxylation is 2. The molecule has 0 unspecified atom stereocenters. The Morgan fingerprint density at radius 1 is 1.03 bits per heavy atom. The van der Waals surface area contributed by atoms with Crippen LogP contribution >= 0.6 is 23.4 Å². The van der Waals surface area contributed by atoms with E-state index in [1.807, 2.05) is 55.5 Å². The lowest BCUT2D eigenvalue weighted by Gasteiger charge is -2.13. The number of anilines is 1. The van der Waals surface area contributed by atoms with Gasteiger partial charge in [0.25, 0.3) is 10.0 Å². The van der Waals surface area contributed by atoms with Gasteiger partial charge < -0.3 is 4.98 Å². The fraction of sp³-hybridized carbons (Fsp3) is 0.136. The molecule has 0 bridgehead atoms. The quantitative estimate of drug-likeness (QED) is 0.352. The molecule has 8 heteroatoms. The monoisotopic (exact) mass is 457 g/mol. The van der Waals surface area contributed by atoms with Crippen molar-refractivity contribution in [2.24, 2.45) is 0 Å². The van der Waals surface area contributed by atoms with Gasteiger partial charge in [0.2, 0.25) is 5.95 Å². The Morgan fingerprint density at radius 3 is 2.53 bits per heavy atom. The molecule has 4 rings (SSSR count). The van der Waals surface area contributed by atoms with Gasteiger partial charge in [0.05, 0.1) is 11.0 Å². The first kappa shape index (κ1) is 20.8. The van der Waals surface area contributed by atoms with E-state index in [0.717, 1.165) is 22.2 Å². The minimum Gasteiger partial charge on any atom is -0.323 e. The highest BCUT2D eigenvalue weighted by atomic mass is 35.5. The molecule has 0 aliphatic heterocycles. The maximum atomic E-state index is 13.2. The topological polar surface area (TPSA) is 74.8 Å². The molecule has 4 aromatic rings. The average molecular weight is 458 g/mol. The predicted molar refractivity (Wildman–Crippen MR) is 124 cm³/mol. The highest BCUT2D eigenvalue weighted by molar-refractivity contribution is 7.99. The van der Waals surface area contributed by atoms with Crippen LogP contribution in [0.1, 0.15) is 16.7 Å². The van der Waals surface area contributed by atoms with Gasteiger partial charge in [-0.05, 0) is 48.7 Å². The fourth-order valence-corrected chi connectivity index (χ4v) is 5.87. The average Bonchev–Trinajstić information content (AvgIpc) is 3.12. The highest BCUT2D eigenvalue weighted by Crippen LogP contribution is 2.34. The van der Waals surface area contributed by atoms with Crippen molar-refractivity contribution < 1.29 is 8.42 Å². The smallest absolute Gasteiger partial charge is 0.265 e. The molecule has 2 N–H and O–H groups in total. The maximum absolute atomic E-state index is 13.2. The summed E-state index contributed by atoms with van der Waals surface area (Å²) < 4.78 is 29.0. The van der Waals surface area contributed by atoms with E-state index in [4.69, 9.17) is 11.6 Å². The molecule has 30 heavy (non-hydrogen) atoms. The van der Waals surface area contributed by atoms with E-state index in [1.165, 1.54) is 11.8 Å². The molecule has 0 aliphatic rings. The van der Waals surface area contributed by atoms with Crippen molar-refractivity contribution in [3.63, 3.8) is 0 Å². The van der Waals surface area contributed by atoms with Crippen LogP contribution < -0.4 is 4.72 Å². The number of sulfonamides is 1. The number of aromatic amines is 1. The highest BCUT2D eigenvalue weighted by Gasteiger charge is 2.22. The number of hydrogen-bond acceptors (Lipinski definition) is 4. The Labute approximate surface area is 184 Å². The number of nitrogens with zero attached hydrogens (tertiary/aromatic N) is 1. The summed E-state index contributed by atoms with van der Waals surface area (Å²) in [4.78, 5) is 8.21. The summed E-state index contributed by atoms with van der Waals surface area (Å²) in [6.07, 6.45) is 0. The molecule has 0 spiro atoms. The molecule has 0 saturated carbocycles. The summed E-state index contributed by atoms with van der Waals surface area (Å²) >= 11 is 7.74. The summed E-state index contributed by atoms with van der Waals surface area (Å²) in [5, 5.41) is 0.531. The van der Waals surface area contributed by atoms with E-state index in [2.05, 4.69) is 14.7 Å². The summed E-state index contributed by atoms with van der Waals surface area (Å²) in [6.45, 7) is 3.72. The molecular weight excluding hydrogens is 438 g/mol. The van der Waals surface area contributed by atoms with Crippen LogP contribution in [0.5, 0.6) is 0 Å². The molecule has 3 aromatic carbocycles. The van der Waals surface area contributed by atoms with Crippen LogP contribution in [0.3, 0.4) is 0 Å². The predicted octanol–water partition coefficient (Wildman–Crippen LogP) is 5.93. The molecule has 0 atom stereocenters. The SMILES string of the molecule is Cc1cc(S(=O)(=O)Nc2nc3c(C)cccc3[nH]2)c(SCc2ccccc2)cc1Cl. The molecule has 0 amide bonds. The minimum absolute atomic E-state index is 0.183. The van der Waals surface area contributed by atoms with Crippen LogP contribution in [-0.2, 0) is 15.8 Å². The Morgan fingerprint density at radius 2 is 1.80 bits per heavy atom. The molecule has 154 valence electrons. The van der Waals surface area contributed by atoms with Gasteiger partial charge in [0, 0.05) is 15.7 Å². The van der Waals surface area contributed by atoms with Gasteiger partial charge in [0.15, 0.2) is 0 Å². The zero-order valence-corrected chi connectivity index (χ0v) is 18.8. The third-order valence-corrected chi connectivity index (χ3v) is 7.74. The van der Waals surface area contributed by atoms with E-state index >= 15 is 0 Å². The lowest BCUT2D eigenvalue weighted by molar-refractivity contribution is 0.599. The molecule has 1 aromatic heterocycles. The third kappa shape index (κ3) is 4.33. The lowest BCUT2D eigenvalue weighted by Crippen LogP contribution is -2.15. The molecule has 0 aliphatic carbocycles. The second kappa shape index (κ2) is 8.34. The van der Waals surface area contributed by atoms with E-state index in [1.54, 1.807) is 19.1 Å². The first-order valence-corrected chi connectivity index (χ1v) is 12.1. The van der Waals surface area contributed by atoms with Crippen molar-refractivity contribution in [1.29, 1.82) is 0 Å². The summed E-state index contributed by atoms with van der Waals surface area (Å²) in [7, 11) is -3.87. The van der Waals surface area contributed by atoms with Gasteiger partial charge in [-0.3, -0.25) is 0 Å². The zero-order chi connectivity index (χ0) is 21.3. The number of H-pyrrole nitrogens is 1. The van der Waals surface area contributed by atoms with Gasteiger partial charge in [-0.15, -0.1) is 11.8 Å². The second-order valence-electron chi connectivity index (χ2n) is 6.98. The third-order valence-electron chi connectivity index (χ3n) is 4.70. The first-order valence-electron chi connectivity index (χ1n) is 9.28. The second-order valence-corrected chi connectivity index (χ2v) is 10.1. The largest absolute Gasteiger partial charge is 0.323 e. The summed E-state index contributed by atoms with van der Waals surface area (Å²) in [5.41, 5.74) is 4.28. The van der Waals surface area contributed by atoms with Crippen molar-refractivity contribution in [1.82, 2.24) is 9.97 Å². The molecule has 0 saturated heterocycles. The number of rotatable bonds is 6. The van der Waals surface area contributed by atoms with Crippen LogP contribution in [0.25, 0.3) is 11.0 Å². The van der Waals surface area contributed by atoms with Crippen LogP contribution in [0.15, 0.2) is 70.5 Å². The maximum Gasteiger partial charge on any atom is 0.265 e. The number of benzene rings is 3. The van der Waals surface area contributed by atoms with Crippen LogP contribution in [-0.4, -0.2) is 18.4 Å². The van der Waals surface area contributed by atoms with Crippen LogP contribution in [0.2, 0.25) is 5.02 Å². The molecule has 5 nitrogen and oxygen atoms in total. The van der Waals surface area contributed by atoms with Crippen LogP contribution in [0.4, 0.5) is 5.95 Å². The number of thioether (sulfide) groups is 1.